The van der Waals surface area contributed by atoms with E-state index in [1.54, 1.807) is 0 Å². The molecule has 2 aliphatic carbocycles. The fourth-order valence-electron chi connectivity index (χ4n) is 3.58. The number of amides is 1. The van der Waals surface area contributed by atoms with E-state index in [1.165, 1.54) is 25.7 Å². The van der Waals surface area contributed by atoms with Gasteiger partial charge in [-0.05, 0) is 55.2 Å². The average Bonchev–Trinajstić information content (AvgIpc) is 2.98. The summed E-state index contributed by atoms with van der Waals surface area (Å²) < 4.78 is 0.954. The second-order valence-corrected chi connectivity index (χ2v) is 6.57. The molecule has 0 spiro atoms. The van der Waals surface area contributed by atoms with E-state index < -0.39 is 0 Å². The minimum absolute atomic E-state index is 0.0547. The van der Waals surface area contributed by atoms with Crippen molar-refractivity contribution < 1.29 is 4.79 Å². The summed E-state index contributed by atoms with van der Waals surface area (Å²) in [6, 6.07) is 7.57. The summed E-state index contributed by atoms with van der Waals surface area (Å²) >= 11 is 3.39. The summed E-state index contributed by atoms with van der Waals surface area (Å²) in [5.74, 6) is 2.60. The second kappa shape index (κ2) is 5.04. The number of carbonyl (C=O) groups is 1. The first-order valence-corrected chi connectivity index (χ1v) is 7.55. The first kappa shape index (κ1) is 12.2. The van der Waals surface area contributed by atoms with Crippen LogP contribution < -0.4 is 5.32 Å². The van der Waals surface area contributed by atoms with E-state index in [0.29, 0.717) is 0 Å². The van der Waals surface area contributed by atoms with Crippen molar-refractivity contribution in [1.82, 2.24) is 5.32 Å². The minimum atomic E-state index is 0.0547. The lowest BCUT2D eigenvalue weighted by Crippen LogP contribution is -2.31. The van der Waals surface area contributed by atoms with Crippen molar-refractivity contribution in [3.05, 3.63) is 34.3 Å². The Morgan fingerprint density at radius 1 is 1.33 bits per heavy atom. The fourth-order valence-corrected chi connectivity index (χ4v) is 3.98. The molecule has 2 aliphatic rings. The van der Waals surface area contributed by atoms with Crippen molar-refractivity contribution in [3.63, 3.8) is 0 Å². The number of rotatable bonds is 3. The van der Waals surface area contributed by atoms with E-state index >= 15 is 0 Å². The van der Waals surface area contributed by atoms with Gasteiger partial charge in [0.1, 0.15) is 0 Å². The normalized spacial score (nSPS) is 29.5. The third-order valence-corrected chi connectivity index (χ3v) is 4.99. The van der Waals surface area contributed by atoms with E-state index in [2.05, 4.69) is 21.2 Å². The summed E-state index contributed by atoms with van der Waals surface area (Å²) in [6.45, 7) is 0.854. The van der Waals surface area contributed by atoms with Gasteiger partial charge in [-0.2, -0.15) is 0 Å². The average molecular weight is 308 g/mol. The Kier molecular flexibility index (Phi) is 3.42. The quantitative estimate of drug-likeness (QED) is 0.908. The molecule has 2 nitrogen and oxygen atoms in total. The van der Waals surface area contributed by atoms with Crippen LogP contribution in [0.25, 0.3) is 0 Å². The maximum absolute atomic E-state index is 12.0. The van der Waals surface area contributed by atoms with Gasteiger partial charge in [-0.1, -0.05) is 28.4 Å². The van der Waals surface area contributed by atoms with Crippen LogP contribution in [0.1, 0.15) is 36.0 Å². The van der Waals surface area contributed by atoms with Crippen molar-refractivity contribution in [2.75, 3.05) is 6.54 Å². The Balaban J connectivity index is 1.56. The number of hydrogen-bond donors (Lipinski definition) is 1. The lowest BCUT2D eigenvalue weighted by molar-refractivity contribution is 0.0941. The van der Waals surface area contributed by atoms with Crippen LogP contribution in [0.2, 0.25) is 0 Å². The Hall–Kier alpha value is -0.830. The van der Waals surface area contributed by atoms with E-state index in [4.69, 9.17) is 0 Å². The Labute approximate surface area is 116 Å². The molecule has 3 rings (SSSR count). The van der Waals surface area contributed by atoms with Gasteiger partial charge in [-0.3, -0.25) is 4.79 Å². The summed E-state index contributed by atoms with van der Waals surface area (Å²) in [6.07, 6.45) is 5.52. The highest BCUT2D eigenvalue weighted by molar-refractivity contribution is 9.10. The molecule has 2 bridgehead atoms. The first-order valence-electron chi connectivity index (χ1n) is 6.76. The molecule has 1 aromatic rings. The highest BCUT2D eigenvalue weighted by atomic mass is 79.9. The first-order chi connectivity index (χ1) is 8.72. The lowest BCUT2D eigenvalue weighted by atomic mass is 9.89. The highest BCUT2D eigenvalue weighted by Gasteiger charge is 2.39. The summed E-state index contributed by atoms with van der Waals surface area (Å²) in [5.41, 5.74) is 0.743. The van der Waals surface area contributed by atoms with Gasteiger partial charge < -0.3 is 5.32 Å². The van der Waals surface area contributed by atoms with Gasteiger partial charge in [0.25, 0.3) is 5.91 Å². The number of hydrogen-bond acceptors (Lipinski definition) is 1. The molecule has 0 radical (unpaired) electrons. The molecule has 96 valence electrons. The zero-order chi connectivity index (χ0) is 12.5. The number of halogens is 1. The minimum Gasteiger partial charge on any atom is -0.352 e. The maximum Gasteiger partial charge on any atom is 0.251 e. The SMILES string of the molecule is O=C(NC[C@H]1C[C@H]2CC[C@@H]1C2)c1cccc(Br)c1. The molecular weight excluding hydrogens is 290 g/mol. The number of benzene rings is 1. The highest BCUT2D eigenvalue weighted by Crippen LogP contribution is 2.47. The van der Waals surface area contributed by atoms with Crippen LogP contribution in [0.5, 0.6) is 0 Å². The van der Waals surface area contributed by atoms with Gasteiger partial charge in [0, 0.05) is 16.6 Å². The number of carbonyl (C=O) groups excluding carboxylic acids is 1. The predicted octanol–water partition coefficient (Wildman–Crippen LogP) is 3.62. The van der Waals surface area contributed by atoms with Gasteiger partial charge >= 0.3 is 0 Å². The lowest BCUT2D eigenvalue weighted by Gasteiger charge is -2.21. The smallest absolute Gasteiger partial charge is 0.251 e. The van der Waals surface area contributed by atoms with Crippen LogP contribution >= 0.6 is 15.9 Å². The number of fused-ring (bicyclic) bond motifs is 2. The zero-order valence-electron chi connectivity index (χ0n) is 10.4. The third-order valence-electron chi connectivity index (χ3n) is 4.50. The van der Waals surface area contributed by atoms with E-state index in [-0.39, 0.29) is 5.91 Å². The molecule has 1 aromatic carbocycles. The molecule has 2 saturated carbocycles. The zero-order valence-corrected chi connectivity index (χ0v) is 11.9. The monoisotopic (exact) mass is 307 g/mol. The molecule has 3 heteroatoms. The molecule has 0 heterocycles. The van der Waals surface area contributed by atoms with Crippen molar-refractivity contribution in [1.29, 1.82) is 0 Å². The molecule has 0 unspecified atom stereocenters. The van der Waals surface area contributed by atoms with Gasteiger partial charge in [0.2, 0.25) is 0 Å². The maximum atomic E-state index is 12.0. The summed E-state index contributed by atoms with van der Waals surface area (Å²) in [5, 5.41) is 3.09. The van der Waals surface area contributed by atoms with Crippen molar-refractivity contribution >= 4 is 21.8 Å². The molecule has 0 aliphatic heterocycles. The Morgan fingerprint density at radius 2 is 2.22 bits per heavy atom. The van der Waals surface area contributed by atoms with Crippen LogP contribution in [0.15, 0.2) is 28.7 Å². The van der Waals surface area contributed by atoms with Crippen molar-refractivity contribution in [3.8, 4) is 0 Å². The van der Waals surface area contributed by atoms with Crippen molar-refractivity contribution in [2.45, 2.75) is 25.7 Å². The van der Waals surface area contributed by atoms with Gasteiger partial charge in [0.05, 0.1) is 0 Å². The largest absolute Gasteiger partial charge is 0.352 e. The van der Waals surface area contributed by atoms with Gasteiger partial charge in [-0.15, -0.1) is 0 Å². The topological polar surface area (TPSA) is 29.1 Å². The van der Waals surface area contributed by atoms with E-state index in [9.17, 15) is 4.79 Å². The Morgan fingerprint density at radius 3 is 2.89 bits per heavy atom. The predicted molar refractivity (Wildman–Crippen MR) is 75.4 cm³/mol. The van der Waals surface area contributed by atoms with E-state index in [1.807, 2.05) is 24.3 Å². The van der Waals surface area contributed by atoms with Gasteiger partial charge in [0.15, 0.2) is 0 Å². The summed E-state index contributed by atoms with van der Waals surface area (Å²) in [4.78, 5) is 12.0. The standard InChI is InChI=1S/C15H18BrNO/c16-14-3-1-2-12(8-14)15(18)17-9-13-7-10-4-5-11(13)6-10/h1-3,8,10-11,13H,4-7,9H2,(H,17,18)/t10-,11+,13+/m0/s1. The van der Waals surface area contributed by atoms with Crippen LogP contribution in [0.4, 0.5) is 0 Å². The molecule has 3 atom stereocenters. The third kappa shape index (κ3) is 2.46. The molecule has 1 amide bonds. The van der Waals surface area contributed by atoms with Gasteiger partial charge in [-0.25, -0.2) is 0 Å². The molecule has 2 fully saturated rings. The molecular formula is C15H18BrNO. The molecule has 18 heavy (non-hydrogen) atoms. The van der Waals surface area contributed by atoms with E-state index in [0.717, 1.165) is 34.3 Å². The Bertz CT molecular complexity index is 460. The van der Waals surface area contributed by atoms with Crippen LogP contribution in [-0.2, 0) is 0 Å². The van der Waals surface area contributed by atoms with Crippen molar-refractivity contribution in [2.24, 2.45) is 17.8 Å². The number of nitrogens with one attached hydrogen (secondary N) is 1. The molecule has 0 aromatic heterocycles. The van der Waals surface area contributed by atoms with Crippen LogP contribution in [-0.4, -0.2) is 12.5 Å². The van der Waals surface area contributed by atoms with Crippen LogP contribution in [0, 0.1) is 17.8 Å². The molecule has 1 N–H and O–H groups in total. The summed E-state index contributed by atoms with van der Waals surface area (Å²) in [7, 11) is 0. The fraction of sp³-hybridized carbons (Fsp3) is 0.533. The van der Waals surface area contributed by atoms with Crippen LogP contribution in [0.3, 0.4) is 0 Å². The molecule has 0 saturated heterocycles. The second-order valence-electron chi connectivity index (χ2n) is 5.66.